The van der Waals surface area contributed by atoms with E-state index >= 15 is 0 Å². The van der Waals surface area contributed by atoms with E-state index in [0.717, 1.165) is 6.07 Å². The molecule has 0 aromatic heterocycles. The molecule has 0 aliphatic rings. The molecule has 0 atom stereocenters. The molecule has 2 rings (SSSR count). The van der Waals surface area contributed by atoms with Crippen molar-refractivity contribution in [2.45, 2.75) is 0 Å². The van der Waals surface area contributed by atoms with Crippen molar-refractivity contribution < 1.29 is 9.72 Å². The summed E-state index contributed by atoms with van der Waals surface area (Å²) in [5.41, 5.74) is 5.78. The summed E-state index contributed by atoms with van der Waals surface area (Å²) < 4.78 is 0. The monoisotopic (exact) mass is 305 g/mol. The maximum atomic E-state index is 12.4. The van der Waals surface area contributed by atoms with E-state index in [9.17, 15) is 14.9 Å². The number of para-hydroxylation sites is 1. The van der Waals surface area contributed by atoms with Crippen LogP contribution in [0, 0.1) is 10.1 Å². The molecule has 0 unspecified atom stereocenters. The smallest absolute Gasteiger partial charge is 0.294 e. The number of nitrogens with two attached hydrogens (primary N) is 1. The number of halogens is 1. The van der Waals surface area contributed by atoms with Crippen molar-refractivity contribution in [1.82, 2.24) is 0 Å². The van der Waals surface area contributed by atoms with Gasteiger partial charge in [0.2, 0.25) is 0 Å². The Morgan fingerprint density at radius 2 is 1.90 bits per heavy atom. The summed E-state index contributed by atoms with van der Waals surface area (Å²) in [6, 6.07) is 11.4. The van der Waals surface area contributed by atoms with Crippen molar-refractivity contribution in [3.8, 4) is 0 Å². The zero-order valence-corrected chi connectivity index (χ0v) is 11.9. The van der Waals surface area contributed by atoms with Crippen molar-refractivity contribution in [2.24, 2.45) is 0 Å². The quantitative estimate of drug-likeness (QED) is 0.536. The molecule has 2 aromatic rings. The molecule has 21 heavy (non-hydrogen) atoms. The Morgan fingerprint density at radius 1 is 1.29 bits per heavy atom. The number of nitrogens with zero attached hydrogens (tertiary/aromatic N) is 2. The molecule has 0 bridgehead atoms. The average Bonchev–Trinajstić information content (AvgIpc) is 2.49. The van der Waals surface area contributed by atoms with Crippen LogP contribution in [0.25, 0.3) is 0 Å². The first-order valence-electron chi connectivity index (χ1n) is 5.98. The van der Waals surface area contributed by atoms with Crippen LogP contribution in [0.1, 0.15) is 10.4 Å². The van der Waals surface area contributed by atoms with Gasteiger partial charge in [0.1, 0.15) is 5.69 Å². The number of hydrogen-bond donors (Lipinski definition) is 1. The van der Waals surface area contributed by atoms with Crippen LogP contribution in [-0.4, -0.2) is 17.9 Å². The van der Waals surface area contributed by atoms with Gasteiger partial charge in [0, 0.05) is 24.4 Å². The van der Waals surface area contributed by atoms with Crippen LogP contribution in [-0.2, 0) is 0 Å². The van der Waals surface area contributed by atoms with Gasteiger partial charge in [-0.1, -0.05) is 29.8 Å². The highest BCUT2D eigenvalue weighted by atomic mass is 35.5. The molecular weight excluding hydrogens is 294 g/mol. The Bertz CT molecular complexity index is 704. The minimum Gasteiger partial charge on any atom is -0.392 e. The van der Waals surface area contributed by atoms with Gasteiger partial charge in [0.15, 0.2) is 0 Å². The molecule has 0 fully saturated rings. The number of carbonyl (C=O) groups is 1. The zero-order chi connectivity index (χ0) is 15.6. The van der Waals surface area contributed by atoms with Crippen LogP contribution < -0.4 is 10.6 Å². The van der Waals surface area contributed by atoms with Gasteiger partial charge < -0.3 is 10.6 Å². The molecule has 0 radical (unpaired) electrons. The lowest BCUT2D eigenvalue weighted by atomic mass is 10.1. The summed E-state index contributed by atoms with van der Waals surface area (Å²) in [5, 5.41) is 10.9. The molecule has 108 valence electrons. The van der Waals surface area contributed by atoms with Crippen molar-refractivity contribution in [2.75, 3.05) is 17.7 Å². The van der Waals surface area contributed by atoms with E-state index in [1.807, 2.05) is 6.07 Å². The molecule has 0 aliphatic carbocycles. The van der Waals surface area contributed by atoms with Gasteiger partial charge >= 0.3 is 0 Å². The summed E-state index contributed by atoms with van der Waals surface area (Å²) in [5.74, 6) is -0.411. The molecule has 0 aliphatic heterocycles. The molecule has 0 saturated heterocycles. The predicted octanol–water partition coefficient (Wildman–Crippen LogP) is 3.11. The summed E-state index contributed by atoms with van der Waals surface area (Å²) in [6.45, 7) is 0. The standard InChI is InChI=1S/C14H12ClN3O3/c1-17(10-5-3-2-4-6-10)14(19)9-7-11(15)13(16)12(8-9)18(20)21/h2-8H,16H2,1H3. The number of carbonyl (C=O) groups excluding carboxylic acids is 1. The number of nitrogen functional groups attached to an aromatic ring is 1. The molecular formula is C14H12ClN3O3. The van der Waals surface area contributed by atoms with E-state index in [0.29, 0.717) is 5.69 Å². The molecule has 2 aromatic carbocycles. The number of rotatable bonds is 3. The van der Waals surface area contributed by atoms with E-state index in [-0.39, 0.29) is 22.0 Å². The SMILES string of the molecule is CN(C(=O)c1cc(Cl)c(N)c([N+](=O)[O-])c1)c1ccccc1. The van der Waals surface area contributed by atoms with E-state index in [1.165, 1.54) is 11.0 Å². The van der Waals surface area contributed by atoms with Crippen LogP contribution in [0.3, 0.4) is 0 Å². The molecule has 6 nitrogen and oxygen atoms in total. The van der Waals surface area contributed by atoms with Gasteiger partial charge in [-0.2, -0.15) is 0 Å². The van der Waals surface area contributed by atoms with Crippen molar-refractivity contribution >= 4 is 34.6 Å². The van der Waals surface area contributed by atoms with Gasteiger partial charge in [-0.05, 0) is 18.2 Å². The van der Waals surface area contributed by atoms with Gasteiger partial charge in [-0.15, -0.1) is 0 Å². The van der Waals surface area contributed by atoms with Crippen LogP contribution in [0.2, 0.25) is 5.02 Å². The second-order valence-electron chi connectivity index (χ2n) is 4.35. The Hall–Kier alpha value is -2.60. The highest BCUT2D eigenvalue weighted by molar-refractivity contribution is 6.34. The molecule has 7 heteroatoms. The van der Waals surface area contributed by atoms with Gasteiger partial charge in [0.05, 0.1) is 9.95 Å². The number of nitro groups is 1. The van der Waals surface area contributed by atoms with Crippen molar-refractivity contribution in [3.05, 3.63) is 63.2 Å². The van der Waals surface area contributed by atoms with E-state index in [4.69, 9.17) is 17.3 Å². The Morgan fingerprint density at radius 3 is 2.48 bits per heavy atom. The molecule has 0 saturated carbocycles. The molecule has 0 spiro atoms. The lowest BCUT2D eigenvalue weighted by Gasteiger charge is -2.17. The fourth-order valence-corrected chi connectivity index (χ4v) is 2.05. The number of benzene rings is 2. The number of hydrogen-bond acceptors (Lipinski definition) is 4. The zero-order valence-electron chi connectivity index (χ0n) is 11.1. The van der Waals surface area contributed by atoms with Crippen LogP contribution in [0.4, 0.5) is 17.1 Å². The second-order valence-corrected chi connectivity index (χ2v) is 4.75. The number of anilines is 2. The summed E-state index contributed by atoms with van der Waals surface area (Å²) in [7, 11) is 1.58. The predicted molar refractivity (Wildman–Crippen MR) is 81.7 cm³/mol. The van der Waals surface area contributed by atoms with Crippen LogP contribution in [0.15, 0.2) is 42.5 Å². The highest BCUT2D eigenvalue weighted by Crippen LogP contribution is 2.31. The number of nitro benzene ring substituents is 1. The first kappa shape index (κ1) is 14.8. The first-order valence-corrected chi connectivity index (χ1v) is 6.36. The fraction of sp³-hybridized carbons (Fsp3) is 0.0714. The highest BCUT2D eigenvalue weighted by Gasteiger charge is 2.21. The van der Waals surface area contributed by atoms with E-state index in [2.05, 4.69) is 0 Å². The molecule has 0 heterocycles. The van der Waals surface area contributed by atoms with Crippen molar-refractivity contribution in [3.63, 3.8) is 0 Å². The second kappa shape index (κ2) is 5.80. The third-order valence-corrected chi connectivity index (χ3v) is 3.31. The van der Waals surface area contributed by atoms with Gasteiger partial charge in [-0.3, -0.25) is 14.9 Å². The van der Waals surface area contributed by atoms with Crippen LogP contribution in [0.5, 0.6) is 0 Å². The summed E-state index contributed by atoms with van der Waals surface area (Å²) in [6.07, 6.45) is 0. The Kier molecular flexibility index (Phi) is 4.09. The maximum Gasteiger partial charge on any atom is 0.294 e. The lowest BCUT2D eigenvalue weighted by molar-refractivity contribution is -0.383. The largest absolute Gasteiger partial charge is 0.392 e. The maximum absolute atomic E-state index is 12.4. The minimum atomic E-state index is -0.666. The summed E-state index contributed by atoms with van der Waals surface area (Å²) >= 11 is 5.86. The van der Waals surface area contributed by atoms with Crippen LogP contribution >= 0.6 is 11.6 Å². The lowest BCUT2D eigenvalue weighted by Crippen LogP contribution is -2.26. The fourth-order valence-electron chi connectivity index (χ4n) is 1.84. The minimum absolute atomic E-state index is 0.0194. The van der Waals surface area contributed by atoms with E-state index < -0.39 is 10.8 Å². The molecule has 2 N–H and O–H groups in total. The topological polar surface area (TPSA) is 89.5 Å². The number of amides is 1. The summed E-state index contributed by atoms with van der Waals surface area (Å²) in [4.78, 5) is 24.0. The third-order valence-electron chi connectivity index (χ3n) is 3.00. The van der Waals surface area contributed by atoms with Gasteiger partial charge in [-0.25, -0.2) is 0 Å². The normalized spacial score (nSPS) is 10.2. The van der Waals surface area contributed by atoms with Crippen molar-refractivity contribution in [1.29, 1.82) is 0 Å². The van der Waals surface area contributed by atoms with E-state index in [1.54, 1.807) is 31.3 Å². The molecule has 1 amide bonds. The van der Waals surface area contributed by atoms with Gasteiger partial charge in [0.25, 0.3) is 11.6 Å². The first-order chi connectivity index (χ1) is 9.91. The average molecular weight is 306 g/mol. The Balaban J connectivity index is 2.42. The third kappa shape index (κ3) is 2.95. The Labute approximate surface area is 125 Å².